The summed E-state index contributed by atoms with van der Waals surface area (Å²) in [5.41, 5.74) is 7.95. The number of pyridine rings is 1. The Labute approximate surface area is 119 Å². The van der Waals surface area contributed by atoms with Gasteiger partial charge in [-0.2, -0.15) is 0 Å². The minimum Gasteiger partial charge on any atom is -0.456 e. The molecule has 0 fully saturated rings. The average molecular weight is 272 g/mol. The van der Waals surface area contributed by atoms with Gasteiger partial charge >= 0.3 is 0 Å². The molecule has 1 heterocycles. The van der Waals surface area contributed by atoms with Crippen LogP contribution in [0.4, 0.5) is 0 Å². The van der Waals surface area contributed by atoms with Crippen molar-refractivity contribution < 1.29 is 9.47 Å². The lowest BCUT2D eigenvalue weighted by Gasteiger charge is -2.09. The number of methoxy groups -OCH3 is 1. The Morgan fingerprint density at radius 2 is 1.95 bits per heavy atom. The molecule has 2 rings (SSSR count). The van der Waals surface area contributed by atoms with Gasteiger partial charge in [0.2, 0.25) is 0 Å². The van der Waals surface area contributed by atoms with E-state index in [4.69, 9.17) is 15.2 Å². The fourth-order valence-corrected chi connectivity index (χ4v) is 2.00. The number of rotatable bonds is 6. The summed E-state index contributed by atoms with van der Waals surface area (Å²) in [6, 6.07) is 9.90. The highest BCUT2D eigenvalue weighted by Gasteiger charge is 2.03. The maximum atomic E-state index is 5.83. The molecule has 0 spiro atoms. The minimum atomic E-state index is 0.108. The average Bonchev–Trinajstić information content (AvgIpc) is 2.39. The molecule has 1 aromatic heterocycles. The van der Waals surface area contributed by atoms with E-state index in [1.54, 1.807) is 13.3 Å². The maximum Gasteiger partial charge on any atom is 0.145 e. The topological polar surface area (TPSA) is 57.4 Å². The molecule has 0 aliphatic rings. The molecule has 0 saturated carbocycles. The molecule has 2 aromatic rings. The third-order valence-electron chi connectivity index (χ3n) is 2.77. The summed E-state index contributed by atoms with van der Waals surface area (Å²) >= 11 is 0. The van der Waals surface area contributed by atoms with E-state index < -0.39 is 0 Å². The molecule has 2 N–H and O–H groups in total. The van der Waals surface area contributed by atoms with Crippen LogP contribution in [0.25, 0.3) is 0 Å². The van der Waals surface area contributed by atoms with Crippen molar-refractivity contribution in [3.8, 4) is 11.5 Å². The van der Waals surface area contributed by atoms with Gasteiger partial charge in [-0.05, 0) is 42.7 Å². The lowest BCUT2D eigenvalue weighted by molar-refractivity contribution is 0.184. The van der Waals surface area contributed by atoms with Gasteiger partial charge in [-0.1, -0.05) is 12.1 Å². The zero-order valence-corrected chi connectivity index (χ0v) is 11.9. The molecule has 0 aliphatic carbocycles. The van der Waals surface area contributed by atoms with Crippen molar-refractivity contribution >= 4 is 0 Å². The van der Waals surface area contributed by atoms with E-state index in [0.29, 0.717) is 6.61 Å². The van der Waals surface area contributed by atoms with Crippen LogP contribution >= 0.6 is 0 Å². The van der Waals surface area contributed by atoms with E-state index in [0.717, 1.165) is 29.0 Å². The molecule has 0 bridgehead atoms. The summed E-state index contributed by atoms with van der Waals surface area (Å²) < 4.78 is 10.9. The SMILES string of the molecule is COCc1cccc(Oc2cncc(CC(C)N)c2)c1. The molecule has 0 saturated heterocycles. The summed E-state index contributed by atoms with van der Waals surface area (Å²) in [5.74, 6) is 1.50. The van der Waals surface area contributed by atoms with E-state index in [9.17, 15) is 0 Å². The van der Waals surface area contributed by atoms with Gasteiger partial charge in [-0.3, -0.25) is 4.98 Å². The number of ether oxygens (including phenoxy) is 2. The van der Waals surface area contributed by atoms with Crippen molar-refractivity contribution in [2.24, 2.45) is 5.73 Å². The number of hydrogen-bond acceptors (Lipinski definition) is 4. The summed E-state index contributed by atoms with van der Waals surface area (Å²) in [7, 11) is 1.68. The Morgan fingerprint density at radius 3 is 2.70 bits per heavy atom. The first kappa shape index (κ1) is 14.5. The lowest BCUT2D eigenvalue weighted by atomic mass is 10.1. The van der Waals surface area contributed by atoms with Crippen LogP contribution in [0.15, 0.2) is 42.7 Å². The van der Waals surface area contributed by atoms with Gasteiger partial charge in [0.15, 0.2) is 0 Å². The minimum absolute atomic E-state index is 0.108. The molecule has 0 aliphatic heterocycles. The summed E-state index contributed by atoms with van der Waals surface area (Å²) in [6.07, 6.45) is 4.30. The zero-order chi connectivity index (χ0) is 14.4. The molecule has 4 heteroatoms. The predicted molar refractivity (Wildman–Crippen MR) is 78.8 cm³/mol. The second-order valence-corrected chi connectivity index (χ2v) is 4.89. The summed E-state index contributed by atoms with van der Waals surface area (Å²) in [5, 5.41) is 0. The Bertz CT molecular complexity index is 556. The number of hydrogen-bond donors (Lipinski definition) is 1. The molecule has 106 valence electrons. The first-order valence-corrected chi connectivity index (χ1v) is 6.62. The van der Waals surface area contributed by atoms with Crippen molar-refractivity contribution in [1.29, 1.82) is 0 Å². The Hall–Kier alpha value is -1.91. The van der Waals surface area contributed by atoms with E-state index in [1.165, 1.54) is 0 Å². The normalized spacial score (nSPS) is 12.2. The monoisotopic (exact) mass is 272 g/mol. The molecule has 4 nitrogen and oxygen atoms in total. The van der Waals surface area contributed by atoms with E-state index in [2.05, 4.69) is 4.98 Å². The predicted octanol–water partition coefficient (Wildman–Crippen LogP) is 2.91. The number of nitrogens with two attached hydrogens (primary N) is 1. The van der Waals surface area contributed by atoms with Gasteiger partial charge in [0.25, 0.3) is 0 Å². The second kappa shape index (κ2) is 7.03. The summed E-state index contributed by atoms with van der Waals surface area (Å²) in [6.45, 7) is 2.54. The smallest absolute Gasteiger partial charge is 0.145 e. The zero-order valence-electron chi connectivity index (χ0n) is 11.9. The van der Waals surface area contributed by atoms with Crippen LogP contribution in [-0.2, 0) is 17.8 Å². The fraction of sp³-hybridized carbons (Fsp3) is 0.312. The van der Waals surface area contributed by atoms with Gasteiger partial charge in [-0.25, -0.2) is 0 Å². The molecule has 1 aromatic carbocycles. The van der Waals surface area contributed by atoms with Crippen molar-refractivity contribution in [2.45, 2.75) is 26.0 Å². The molecule has 0 amide bonds. The van der Waals surface area contributed by atoms with Crippen molar-refractivity contribution in [1.82, 2.24) is 4.98 Å². The van der Waals surface area contributed by atoms with E-state index in [1.807, 2.05) is 43.5 Å². The van der Waals surface area contributed by atoms with E-state index >= 15 is 0 Å². The van der Waals surface area contributed by atoms with Crippen LogP contribution in [0.3, 0.4) is 0 Å². The van der Waals surface area contributed by atoms with Gasteiger partial charge in [0, 0.05) is 19.3 Å². The first-order valence-electron chi connectivity index (χ1n) is 6.62. The fourth-order valence-electron chi connectivity index (χ4n) is 2.00. The van der Waals surface area contributed by atoms with E-state index in [-0.39, 0.29) is 6.04 Å². The van der Waals surface area contributed by atoms with Crippen LogP contribution in [0.5, 0.6) is 11.5 Å². The molecule has 1 atom stereocenters. The van der Waals surface area contributed by atoms with Crippen LogP contribution < -0.4 is 10.5 Å². The van der Waals surface area contributed by atoms with Crippen LogP contribution in [0.2, 0.25) is 0 Å². The van der Waals surface area contributed by atoms with Gasteiger partial charge in [-0.15, -0.1) is 0 Å². The van der Waals surface area contributed by atoms with Gasteiger partial charge in [0.05, 0.1) is 12.8 Å². The molecule has 20 heavy (non-hydrogen) atoms. The number of aromatic nitrogens is 1. The molecular weight excluding hydrogens is 252 g/mol. The third kappa shape index (κ3) is 4.33. The largest absolute Gasteiger partial charge is 0.456 e. The Kier molecular flexibility index (Phi) is 5.09. The highest BCUT2D eigenvalue weighted by molar-refractivity contribution is 5.34. The van der Waals surface area contributed by atoms with Gasteiger partial charge in [0.1, 0.15) is 11.5 Å². The number of nitrogens with zero attached hydrogens (tertiary/aromatic N) is 1. The highest BCUT2D eigenvalue weighted by Crippen LogP contribution is 2.22. The standard InChI is InChI=1S/C16H20N2O2/c1-12(17)6-14-8-16(10-18-9-14)20-15-5-3-4-13(7-15)11-19-2/h3-5,7-10,12H,6,11,17H2,1-2H3. The second-order valence-electron chi connectivity index (χ2n) is 4.89. The molecule has 1 unspecified atom stereocenters. The Balaban J connectivity index is 2.11. The molecular formula is C16H20N2O2. The van der Waals surface area contributed by atoms with Crippen molar-refractivity contribution in [3.63, 3.8) is 0 Å². The van der Waals surface area contributed by atoms with Crippen molar-refractivity contribution in [3.05, 3.63) is 53.9 Å². The Morgan fingerprint density at radius 1 is 1.15 bits per heavy atom. The quantitative estimate of drug-likeness (QED) is 0.878. The van der Waals surface area contributed by atoms with Gasteiger partial charge < -0.3 is 15.2 Å². The number of benzene rings is 1. The van der Waals surface area contributed by atoms with Crippen LogP contribution in [0.1, 0.15) is 18.1 Å². The van der Waals surface area contributed by atoms with Crippen molar-refractivity contribution in [2.75, 3.05) is 7.11 Å². The maximum absolute atomic E-state index is 5.83. The third-order valence-corrected chi connectivity index (χ3v) is 2.77. The summed E-state index contributed by atoms with van der Waals surface area (Å²) in [4.78, 5) is 4.19. The first-order chi connectivity index (χ1) is 9.67. The lowest BCUT2D eigenvalue weighted by Crippen LogP contribution is -2.17. The highest BCUT2D eigenvalue weighted by atomic mass is 16.5. The molecule has 0 radical (unpaired) electrons. The van der Waals surface area contributed by atoms with Crippen LogP contribution in [-0.4, -0.2) is 18.1 Å². The van der Waals surface area contributed by atoms with Crippen LogP contribution in [0, 0.1) is 0 Å².